The first-order valence-electron chi connectivity index (χ1n) is 9.68. The molecule has 0 amide bonds. The molecule has 1 aliphatic heterocycles. The van der Waals surface area contributed by atoms with Gasteiger partial charge in [-0.15, -0.1) is 0 Å². The van der Waals surface area contributed by atoms with Crippen LogP contribution in [-0.4, -0.2) is 5.78 Å². The van der Waals surface area contributed by atoms with Gasteiger partial charge in [0.05, 0.1) is 17.6 Å². The van der Waals surface area contributed by atoms with Crippen LogP contribution in [-0.2, 0) is 11.4 Å². The van der Waals surface area contributed by atoms with Gasteiger partial charge in [-0.3, -0.25) is 4.79 Å². The maximum atomic E-state index is 13.0. The summed E-state index contributed by atoms with van der Waals surface area (Å²) in [5.41, 5.74) is 4.83. The molecule has 0 saturated heterocycles. The summed E-state index contributed by atoms with van der Waals surface area (Å²) in [6.45, 7) is 2.22. The van der Waals surface area contributed by atoms with E-state index in [-0.39, 0.29) is 17.5 Å². The molecule has 146 valence electrons. The Morgan fingerprint density at radius 2 is 1.86 bits per heavy atom. The molecule has 5 heteroatoms. The number of allylic oxidation sites excluding steroid dienone is 4. The van der Waals surface area contributed by atoms with Crippen LogP contribution < -0.4 is 10.1 Å². The number of benzene rings is 2. The largest absolute Gasteiger partial charge is 0.489 e. The van der Waals surface area contributed by atoms with E-state index in [0.717, 1.165) is 40.9 Å². The highest BCUT2D eigenvalue weighted by Crippen LogP contribution is 2.42. The Hall–Kier alpha value is -3.39. The van der Waals surface area contributed by atoms with E-state index >= 15 is 0 Å². The standard InChI is InChI=1S/C24H21FN2O2/c1-15-20(13-26)23(24-21(27-15)3-2-4-22(24)28)17-7-11-19(12-8-17)29-14-16-5-9-18(25)10-6-16/h5-12,23,27H,2-4,14H2,1H3/t23-/m0/s1. The van der Waals surface area contributed by atoms with E-state index in [4.69, 9.17) is 4.74 Å². The summed E-state index contributed by atoms with van der Waals surface area (Å²) in [7, 11) is 0. The van der Waals surface area contributed by atoms with Crippen molar-refractivity contribution in [1.29, 1.82) is 5.26 Å². The fourth-order valence-electron chi connectivity index (χ4n) is 3.97. The van der Waals surface area contributed by atoms with Gasteiger partial charge in [-0.1, -0.05) is 24.3 Å². The topological polar surface area (TPSA) is 62.1 Å². The molecule has 4 rings (SSSR count). The smallest absolute Gasteiger partial charge is 0.161 e. The van der Waals surface area contributed by atoms with Gasteiger partial charge in [-0.05, 0) is 55.2 Å². The summed E-state index contributed by atoms with van der Waals surface area (Å²) in [5.74, 6) is 0.175. The van der Waals surface area contributed by atoms with Crippen LogP contribution in [0, 0.1) is 17.1 Å². The second-order valence-corrected chi connectivity index (χ2v) is 7.36. The molecular formula is C24H21FN2O2. The third-order valence-electron chi connectivity index (χ3n) is 5.43. The number of rotatable bonds is 4. The number of carbonyl (C=O) groups is 1. The molecule has 1 heterocycles. The van der Waals surface area contributed by atoms with Crippen LogP contribution in [0.2, 0.25) is 0 Å². The monoisotopic (exact) mass is 388 g/mol. The minimum absolute atomic E-state index is 0.112. The molecule has 2 aromatic rings. The predicted octanol–water partition coefficient (Wildman–Crippen LogP) is 4.90. The van der Waals surface area contributed by atoms with Gasteiger partial charge in [0.15, 0.2) is 5.78 Å². The van der Waals surface area contributed by atoms with Crippen molar-refractivity contribution in [3.05, 3.63) is 88.0 Å². The lowest BCUT2D eigenvalue weighted by Gasteiger charge is -2.32. The second kappa shape index (κ2) is 7.92. The quantitative estimate of drug-likeness (QED) is 0.810. The number of nitrogens with zero attached hydrogens (tertiary/aromatic N) is 1. The minimum Gasteiger partial charge on any atom is -0.489 e. The van der Waals surface area contributed by atoms with E-state index in [1.807, 2.05) is 31.2 Å². The van der Waals surface area contributed by atoms with Crippen LogP contribution in [0.15, 0.2) is 71.1 Å². The Labute approximate surface area is 169 Å². The SMILES string of the molecule is CC1=C(C#N)[C@H](c2ccc(OCc3ccc(F)cc3)cc2)C2=C(CCCC2=O)N1. The average Bonchev–Trinajstić information content (AvgIpc) is 2.73. The van der Waals surface area contributed by atoms with Gasteiger partial charge >= 0.3 is 0 Å². The van der Waals surface area contributed by atoms with Crippen LogP contribution in [0.3, 0.4) is 0 Å². The van der Waals surface area contributed by atoms with Crippen LogP contribution in [0.25, 0.3) is 0 Å². The van der Waals surface area contributed by atoms with Crippen molar-refractivity contribution in [2.75, 3.05) is 0 Å². The van der Waals surface area contributed by atoms with E-state index in [0.29, 0.717) is 24.4 Å². The fourth-order valence-corrected chi connectivity index (χ4v) is 3.97. The molecular weight excluding hydrogens is 367 g/mol. The van der Waals surface area contributed by atoms with Crippen molar-refractivity contribution >= 4 is 5.78 Å². The lowest BCUT2D eigenvalue weighted by Crippen LogP contribution is -2.31. The van der Waals surface area contributed by atoms with Crippen LogP contribution >= 0.6 is 0 Å². The molecule has 0 spiro atoms. The molecule has 0 radical (unpaired) electrons. The van der Waals surface area contributed by atoms with Crippen molar-refractivity contribution in [2.24, 2.45) is 0 Å². The number of nitrogens with one attached hydrogen (secondary N) is 1. The first kappa shape index (κ1) is 18.9. The Morgan fingerprint density at radius 1 is 1.14 bits per heavy atom. The maximum Gasteiger partial charge on any atom is 0.161 e. The van der Waals surface area contributed by atoms with E-state index in [1.165, 1.54) is 12.1 Å². The molecule has 0 saturated carbocycles. The summed E-state index contributed by atoms with van der Waals surface area (Å²) in [6.07, 6.45) is 2.18. The van der Waals surface area contributed by atoms with Gasteiger partial charge in [0, 0.05) is 23.4 Å². The zero-order chi connectivity index (χ0) is 20.4. The van der Waals surface area contributed by atoms with Gasteiger partial charge in [0.2, 0.25) is 0 Å². The number of ketones is 1. The Balaban J connectivity index is 1.58. The summed E-state index contributed by atoms with van der Waals surface area (Å²) >= 11 is 0. The van der Waals surface area contributed by atoms with E-state index in [9.17, 15) is 14.4 Å². The highest BCUT2D eigenvalue weighted by Gasteiger charge is 2.35. The first-order valence-corrected chi connectivity index (χ1v) is 9.68. The molecule has 29 heavy (non-hydrogen) atoms. The summed E-state index contributed by atoms with van der Waals surface area (Å²) in [4.78, 5) is 12.6. The normalized spacial score (nSPS) is 18.8. The Bertz CT molecular complexity index is 1040. The van der Waals surface area contributed by atoms with Crippen molar-refractivity contribution in [3.8, 4) is 11.8 Å². The number of halogens is 1. The maximum absolute atomic E-state index is 13.0. The van der Waals surface area contributed by atoms with Crippen LogP contribution in [0.1, 0.15) is 43.2 Å². The molecule has 1 N–H and O–H groups in total. The highest BCUT2D eigenvalue weighted by molar-refractivity contribution is 5.99. The molecule has 0 aromatic heterocycles. The van der Waals surface area contributed by atoms with Crippen molar-refractivity contribution in [1.82, 2.24) is 5.32 Å². The zero-order valence-corrected chi connectivity index (χ0v) is 16.2. The Morgan fingerprint density at radius 3 is 2.55 bits per heavy atom. The zero-order valence-electron chi connectivity index (χ0n) is 16.2. The summed E-state index contributed by atoms with van der Waals surface area (Å²) in [6, 6.07) is 16.0. The molecule has 0 fully saturated rings. The lowest BCUT2D eigenvalue weighted by molar-refractivity contribution is -0.116. The van der Waals surface area contributed by atoms with Crippen molar-refractivity contribution < 1.29 is 13.9 Å². The van der Waals surface area contributed by atoms with Crippen molar-refractivity contribution in [2.45, 2.75) is 38.7 Å². The highest BCUT2D eigenvalue weighted by atomic mass is 19.1. The molecule has 1 atom stereocenters. The minimum atomic E-state index is -0.338. The van der Waals surface area contributed by atoms with Gasteiger partial charge in [-0.2, -0.15) is 5.26 Å². The molecule has 2 aliphatic rings. The number of hydrogen-bond acceptors (Lipinski definition) is 4. The second-order valence-electron chi connectivity index (χ2n) is 7.36. The van der Waals surface area contributed by atoms with E-state index in [2.05, 4.69) is 11.4 Å². The number of ether oxygens (including phenoxy) is 1. The van der Waals surface area contributed by atoms with E-state index in [1.54, 1.807) is 12.1 Å². The molecule has 2 aromatic carbocycles. The molecule has 1 aliphatic carbocycles. The van der Waals surface area contributed by atoms with Crippen molar-refractivity contribution in [3.63, 3.8) is 0 Å². The predicted molar refractivity (Wildman–Crippen MR) is 107 cm³/mol. The number of nitriles is 1. The molecule has 0 bridgehead atoms. The number of hydrogen-bond donors (Lipinski definition) is 1. The summed E-state index contributed by atoms with van der Waals surface area (Å²) < 4.78 is 18.8. The molecule has 4 nitrogen and oxygen atoms in total. The Kier molecular flexibility index (Phi) is 5.18. The third-order valence-corrected chi connectivity index (χ3v) is 5.43. The van der Waals surface area contributed by atoms with Gasteiger partial charge < -0.3 is 10.1 Å². The summed E-state index contributed by atoms with van der Waals surface area (Å²) in [5, 5.41) is 13.0. The van der Waals surface area contributed by atoms with Crippen LogP contribution in [0.5, 0.6) is 5.75 Å². The van der Waals surface area contributed by atoms with Crippen LogP contribution in [0.4, 0.5) is 4.39 Å². The van der Waals surface area contributed by atoms with Gasteiger partial charge in [0.1, 0.15) is 18.2 Å². The number of dihydropyridines is 1. The third kappa shape index (κ3) is 3.79. The lowest BCUT2D eigenvalue weighted by atomic mass is 9.76. The first-order chi connectivity index (χ1) is 14.1. The average molecular weight is 388 g/mol. The van der Waals surface area contributed by atoms with Gasteiger partial charge in [-0.25, -0.2) is 4.39 Å². The number of carbonyl (C=O) groups excluding carboxylic acids is 1. The molecule has 0 unspecified atom stereocenters. The van der Waals surface area contributed by atoms with E-state index < -0.39 is 0 Å². The fraction of sp³-hybridized carbons (Fsp3) is 0.250. The van der Waals surface area contributed by atoms with Gasteiger partial charge in [0.25, 0.3) is 0 Å². The number of Topliss-reactive ketones (excluding diaryl/α,β-unsaturated/α-hetero) is 1.